The van der Waals surface area contributed by atoms with Gasteiger partial charge in [-0.1, -0.05) is 48.5 Å². The summed E-state index contributed by atoms with van der Waals surface area (Å²) in [4.78, 5) is 4.57. The van der Waals surface area contributed by atoms with Gasteiger partial charge in [0.25, 0.3) is 0 Å². The Balaban J connectivity index is 1.21. The predicted molar refractivity (Wildman–Crippen MR) is 207 cm³/mol. The average Bonchev–Trinajstić information content (AvgIpc) is 3.67. The minimum absolute atomic E-state index is 0.0658. The number of hydrogen-bond acceptors (Lipinski definition) is 9. The number of aryl methyl sites for hydroxylation is 2. The van der Waals surface area contributed by atoms with Gasteiger partial charge in [-0.2, -0.15) is 0 Å². The van der Waals surface area contributed by atoms with Gasteiger partial charge in [0.1, 0.15) is 30.0 Å². The number of benzene rings is 5. The lowest BCUT2D eigenvalue weighted by Gasteiger charge is -2.38. The van der Waals surface area contributed by atoms with Gasteiger partial charge in [-0.25, -0.2) is 0 Å². The first kappa shape index (κ1) is 35.7. The molecular formula is C45H46N2O7. The molecule has 278 valence electrons. The second kappa shape index (κ2) is 15.6. The fraction of sp³-hybridized carbons (Fsp3) is 0.311. The van der Waals surface area contributed by atoms with Crippen molar-refractivity contribution in [3.63, 3.8) is 0 Å². The molecule has 5 aromatic rings. The van der Waals surface area contributed by atoms with E-state index in [4.69, 9.17) is 18.9 Å². The van der Waals surface area contributed by atoms with Crippen LogP contribution in [0.1, 0.15) is 51.0 Å². The van der Waals surface area contributed by atoms with Crippen LogP contribution in [-0.4, -0.2) is 62.1 Å². The molecule has 9 nitrogen and oxygen atoms in total. The van der Waals surface area contributed by atoms with Crippen molar-refractivity contribution < 1.29 is 34.3 Å². The Bertz CT molecular complexity index is 2290. The predicted octanol–water partition coefficient (Wildman–Crippen LogP) is 5.46. The molecule has 54 heavy (non-hydrogen) atoms. The van der Waals surface area contributed by atoms with E-state index in [0.717, 1.165) is 62.4 Å². The Morgan fingerprint density at radius 2 is 1.76 bits per heavy atom. The molecule has 0 bridgehead atoms. The van der Waals surface area contributed by atoms with Crippen molar-refractivity contribution in [2.24, 2.45) is 4.99 Å². The van der Waals surface area contributed by atoms with Crippen LogP contribution in [0.5, 0.6) is 28.7 Å². The highest BCUT2D eigenvalue weighted by Gasteiger charge is 2.39. The van der Waals surface area contributed by atoms with Crippen LogP contribution >= 0.6 is 0 Å². The van der Waals surface area contributed by atoms with Crippen molar-refractivity contribution in [1.29, 1.82) is 0 Å². The lowest BCUT2D eigenvalue weighted by molar-refractivity contribution is -0.0429. The zero-order valence-electron chi connectivity index (χ0n) is 30.7. The number of rotatable bonds is 13. The zero-order valence-corrected chi connectivity index (χ0v) is 30.7. The quantitative estimate of drug-likeness (QED) is 0.118. The highest BCUT2D eigenvalue weighted by molar-refractivity contribution is 5.83. The first-order valence-electron chi connectivity index (χ1n) is 18.7. The molecule has 0 spiro atoms. The van der Waals surface area contributed by atoms with Crippen LogP contribution in [0.15, 0.2) is 89.9 Å². The van der Waals surface area contributed by atoms with Crippen LogP contribution in [0.4, 0.5) is 0 Å². The maximum Gasteiger partial charge on any atom is 0.161 e. The first-order valence-corrected chi connectivity index (χ1v) is 18.7. The Labute approximate surface area is 315 Å². The first-order chi connectivity index (χ1) is 26.4. The van der Waals surface area contributed by atoms with Gasteiger partial charge in [-0.15, -0.1) is 0 Å². The van der Waals surface area contributed by atoms with Gasteiger partial charge in [0.2, 0.25) is 0 Å². The number of phenols is 2. The molecule has 0 fully saturated rings. The number of phenolic OH excluding ortho intramolecular Hbond substituents is 2. The van der Waals surface area contributed by atoms with E-state index in [1.54, 1.807) is 13.2 Å². The highest BCUT2D eigenvalue weighted by atomic mass is 16.6. The number of nitrogens with zero attached hydrogens (tertiary/aromatic N) is 1. The van der Waals surface area contributed by atoms with Crippen LogP contribution < -0.4 is 30.1 Å². The van der Waals surface area contributed by atoms with Crippen LogP contribution in [0, 0.1) is 0 Å². The smallest absolute Gasteiger partial charge is 0.161 e. The van der Waals surface area contributed by atoms with Crippen molar-refractivity contribution in [2.75, 3.05) is 40.6 Å². The molecule has 3 atom stereocenters. The Kier molecular flexibility index (Phi) is 10.3. The molecule has 0 radical (unpaired) electrons. The number of aliphatic hydroxyl groups is 1. The summed E-state index contributed by atoms with van der Waals surface area (Å²) in [5.41, 5.74) is 9.19. The Morgan fingerprint density at radius 1 is 0.889 bits per heavy atom. The summed E-state index contributed by atoms with van der Waals surface area (Å²) in [5, 5.41) is 37.1. The highest BCUT2D eigenvalue weighted by Crippen LogP contribution is 2.52. The van der Waals surface area contributed by atoms with E-state index in [9.17, 15) is 15.3 Å². The molecule has 4 N–H and O–H groups in total. The lowest BCUT2D eigenvalue weighted by Crippen LogP contribution is -2.36. The number of aromatic hydroxyl groups is 2. The van der Waals surface area contributed by atoms with Crippen LogP contribution in [0.2, 0.25) is 0 Å². The fourth-order valence-corrected chi connectivity index (χ4v) is 8.33. The van der Waals surface area contributed by atoms with Crippen LogP contribution in [0.3, 0.4) is 0 Å². The van der Waals surface area contributed by atoms with E-state index in [1.807, 2.05) is 55.6 Å². The Hall–Kier alpha value is -5.35. The van der Waals surface area contributed by atoms with Crippen molar-refractivity contribution in [3.05, 3.63) is 134 Å². The minimum atomic E-state index is -0.517. The summed E-state index contributed by atoms with van der Waals surface area (Å²) in [6, 6.07) is 28.1. The molecule has 0 aromatic heterocycles. The topological polar surface area (TPSA) is 122 Å². The van der Waals surface area contributed by atoms with Gasteiger partial charge in [0.05, 0.1) is 32.3 Å². The summed E-state index contributed by atoms with van der Waals surface area (Å²) in [6.45, 7) is 1.01. The van der Waals surface area contributed by atoms with Crippen LogP contribution in [-0.2, 0) is 36.8 Å². The number of fused-ring (bicyclic) bond motifs is 6. The average molecular weight is 727 g/mol. The SMILES string of the molecule is CNCO[C@@H]1Cc2c(cc(OCCO)c3c2C[C@@H](Cc2ccc4c(c2)=CCN=4)c2cc(O)ccc2-3)O[C@@H]1c1cc(CCc2ccccc2)c(O)c(OC)c1. The Morgan fingerprint density at radius 3 is 2.57 bits per heavy atom. The van der Waals surface area contributed by atoms with Gasteiger partial charge < -0.3 is 34.3 Å². The van der Waals surface area contributed by atoms with Gasteiger partial charge in [-0.05, 0) is 119 Å². The molecule has 2 aliphatic heterocycles. The third-order valence-corrected chi connectivity index (χ3v) is 10.9. The zero-order chi connectivity index (χ0) is 37.2. The van der Waals surface area contributed by atoms with E-state index in [2.05, 4.69) is 46.7 Å². The number of nitrogens with one attached hydrogen (secondary N) is 1. The molecule has 1 aliphatic carbocycles. The molecule has 0 unspecified atom stereocenters. The second-order valence-corrected chi connectivity index (χ2v) is 14.3. The number of hydrogen-bond donors (Lipinski definition) is 4. The maximum atomic E-state index is 11.2. The van der Waals surface area contributed by atoms with E-state index in [-0.39, 0.29) is 36.7 Å². The molecular weight excluding hydrogens is 681 g/mol. The van der Waals surface area contributed by atoms with E-state index >= 15 is 0 Å². The summed E-state index contributed by atoms with van der Waals surface area (Å²) < 4.78 is 25.5. The van der Waals surface area contributed by atoms with E-state index in [1.165, 1.54) is 11.1 Å². The van der Waals surface area contributed by atoms with Gasteiger partial charge >= 0.3 is 0 Å². The largest absolute Gasteiger partial charge is 0.508 e. The standard InChI is InChI=1S/C45H46N2O7/c1-46-26-53-42-24-36-37-21-31(19-28-9-13-38-29(18-28)14-15-47-38)35-23-33(49)11-12-34(35)43(37)40(52-17-16-48)25-39(36)54-45(42)32-20-30(44(50)41(22-32)51-2)10-8-27-6-4-3-5-7-27/h3-7,9,11-14,18,20,22-23,25,31,42,45-46,48-50H,8,10,15-17,19,21,24,26H2,1-2H3/t31-,42-,45-/m1/s1. The molecule has 0 saturated carbocycles. The fourth-order valence-electron chi connectivity index (χ4n) is 8.33. The number of methoxy groups -OCH3 is 1. The maximum absolute atomic E-state index is 11.2. The van der Waals surface area contributed by atoms with Crippen molar-refractivity contribution in [3.8, 4) is 39.9 Å². The molecule has 0 saturated heterocycles. The monoisotopic (exact) mass is 726 g/mol. The van der Waals surface area contributed by atoms with Gasteiger partial charge in [0.15, 0.2) is 17.6 Å². The molecule has 0 amide bonds. The number of aliphatic hydroxyl groups excluding tert-OH is 1. The van der Waals surface area contributed by atoms with Crippen molar-refractivity contribution in [1.82, 2.24) is 5.32 Å². The van der Waals surface area contributed by atoms with Gasteiger partial charge in [0, 0.05) is 23.6 Å². The third-order valence-electron chi connectivity index (χ3n) is 10.9. The van der Waals surface area contributed by atoms with Crippen molar-refractivity contribution in [2.45, 2.75) is 50.2 Å². The van der Waals surface area contributed by atoms with Crippen molar-refractivity contribution >= 4 is 6.08 Å². The minimum Gasteiger partial charge on any atom is -0.508 e. The molecule has 8 rings (SSSR count). The second-order valence-electron chi connectivity index (χ2n) is 14.3. The molecule has 5 aromatic carbocycles. The molecule has 2 heterocycles. The third kappa shape index (κ3) is 7.02. The molecule has 9 heteroatoms. The summed E-state index contributed by atoms with van der Waals surface area (Å²) >= 11 is 0. The van der Waals surface area contributed by atoms with E-state index in [0.29, 0.717) is 49.8 Å². The normalized spacial score (nSPS) is 17.9. The summed E-state index contributed by atoms with van der Waals surface area (Å²) in [6.07, 6.45) is 4.68. The van der Waals surface area contributed by atoms with E-state index < -0.39 is 6.10 Å². The summed E-state index contributed by atoms with van der Waals surface area (Å²) in [7, 11) is 3.42. The van der Waals surface area contributed by atoms with Crippen LogP contribution in [0.25, 0.3) is 17.2 Å². The van der Waals surface area contributed by atoms with Gasteiger partial charge in [-0.3, -0.25) is 10.3 Å². The molecule has 3 aliphatic rings. The summed E-state index contributed by atoms with van der Waals surface area (Å²) in [5.74, 6) is 2.12. The lowest BCUT2D eigenvalue weighted by atomic mass is 9.73. The number of ether oxygens (including phenoxy) is 4.